The average molecular weight is 1130 g/mol. The van der Waals surface area contributed by atoms with Gasteiger partial charge in [0.1, 0.15) is 60.8 Å². The molecule has 0 spiro atoms. The molecule has 2 saturated heterocycles. The minimum atomic E-state index is -1.52. The summed E-state index contributed by atoms with van der Waals surface area (Å²) in [5, 5.41) is 90.1. The van der Waals surface area contributed by atoms with Gasteiger partial charge in [-0.2, -0.15) is 0 Å². The van der Waals surface area contributed by atoms with E-state index in [1.165, 1.54) is 20.8 Å². The highest BCUT2D eigenvalue weighted by molar-refractivity contribution is 5.90. The van der Waals surface area contributed by atoms with Crippen LogP contribution in [-0.2, 0) is 76.3 Å². The highest BCUT2D eigenvalue weighted by atomic mass is 16.7. The van der Waals surface area contributed by atoms with Crippen molar-refractivity contribution in [3.05, 3.63) is 0 Å². The van der Waals surface area contributed by atoms with Crippen molar-refractivity contribution in [3.8, 4) is 0 Å². The van der Waals surface area contributed by atoms with Crippen LogP contribution in [0.15, 0.2) is 0 Å². The van der Waals surface area contributed by atoms with Gasteiger partial charge in [-0.3, -0.25) is 38.4 Å². The van der Waals surface area contributed by atoms with Crippen molar-refractivity contribution < 1.29 is 112 Å². The average Bonchev–Trinajstić information content (AvgIpc) is 3.39. The van der Waals surface area contributed by atoms with Crippen LogP contribution >= 0.6 is 0 Å². The highest BCUT2D eigenvalue weighted by Crippen LogP contribution is 2.23. The van der Waals surface area contributed by atoms with Gasteiger partial charge in [0.05, 0.1) is 72.7 Å². The molecule has 2 heterocycles. The fraction of sp³-hybridized carbons (Fsp3) is 0.830. The number of amides is 8. The van der Waals surface area contributed by atoms with Crippen molar-refractivity contribution >= 4 is 47.3 Å². The molecule has 78 heavy (non-hydrogen) atoms. The summed E-state index contributed by atoms with van der Waals surface area (Å²) < 4.78 is 43.6. The number of carbonyl (C=O) groups excluding carboxylic acids is 8. The molecule has 31 heteroatoms. The van der Waals surface area contributed by atoms with Crippen molar-refractivity contribution in [2.24, 2.45) is 5.92 Å². The minimum Gasteiger partial charge on any atom is -0.394 e. The smallest absolute Gasteiger partial charge is 0.242 e. The predicted octanol–water partition coefficient (Wildman–Crippen LogP) is -7.30. The number of nitrogens with one attached hydrogen (secondary N) is 8. The third kappa shape index (κ3) is 27.8. The van der Waals surface area contributed by atoms with E-state index >= 15 is 0 Å². The standard InChI is InChI=1S/C47H84N8O23/c1-26(2)6-9-35(62)54-31(44(69)50-14-17-73-20-23-76-47(70)53-29(5)60)8-11-36(63)55-30(43(68)49-13-16-72-19-22-75-46-38(52-28(4)59)42(67)40(65)33(25-57)78-46)7-10-34(61)48-12-15-71-18-21-74-45-37(51-27(3)58)41(66)39(64)32(24-56)77-45/h26,30-33,37-42,45-47,56-57,64-67,70H,6-25H2,1-5H3,(H,48,61)(H,49,68)(H,50,69)(H,51,58)(H,52,59)(H,53,60)(H,54,62)(H,55,63). The Morgan fingerprint density at radius 2 is 0.885 bits per heavy atom. The number of ether oxygens (including phenoxy) is 8. The van der Waals surface area contributed by atoms with E-state index in [4.69, 9.17) is 37.9 Å². The fourth-order valence-corrected chi connectivity index (χ4v) is 7.54. The summed E-state index contributed by atoms with van der Waals surface area (Å²) in [6.45, 7) is 5.59. The van der Waals surface area contributed by atoms with Crippen LogP contribution in [0.4, 0.5) is 0 Å². The molecule has 2 fully saturated rings. The van der Waals surface area contributed by atoms with Gasteiger partial charge in [0.25, 0.3) is 0 Å². The van der Waals surface area contributed by atoms with Crippen molar-refractivity contribution in [2.45, 2.75) is 153 Å². The largest absolute Gasteiger partial charge is 0.394 e. The van der Waals surface area contributed by atoms with Gasteiger partial charge in [0.15, 0.2) is 12.6 Å². The van der Waals surface area contributed by atoms with Crippen LogP contribution in [0.2, 0.25) is 0 Å². The van der Waals surface area contributed by atoms with Gasteiger partial charge in [-0.1, -0.05) is 13.8 Å². The number of aliphatic hydroxyl groups is 7. The molecule has 15 N–H and O–H groups in total. The molecule has 0 saturated carbocycles. The topological polar surface area (TPSA) is 448 Å². The molecule has 0 aromatic rings. The zero-order valence-electron chi connectivity index (χ0n) is 44.9. The summed E-state index contributed by atoms with van der Waals surface area (Å²) in [7, 11) is 0. The van der Waals surface area contributed by atoms with Crippen LogP contribution in [-0.4, -0.2) is 255 Å². The van der Waals surface area contributed by atoms with E-state index in [1.807, 2.05) is 13.8 Å². The molecule has 2 aliphatic rings. The summed E-state index contributed by atoms with van der Waals surface area (Å²) in [5.41, 5.74) is 0. The monoisotopic (exact) mass is 1130 g/mol. The Kier molecular flexibility index (Phi) is 34.4. The maximum absolute atomic E-state index is 13.5. The molecule has 0 radical (unpaired) electrons. The lowest BCUT2D eigenvalue weighted by Gasteiger charge is -2.42. The third-order valence-corrected chi connectivity index (χ3v) is 11.6. The lowest BCUT2D eigenvalue weighted by molar-refractivity contribution is -0.272. The van der Waals surface area contributed by atoms with Gasteiger partial charge < -0.3 is 116 Å². The van der Waals surface area contributed by atoms with Crippen molar-refractivity contribution in [3.63, 3.8) is 0 Å². The van der Waals surface area contributed by atoms with Crippen LogP contribution in [0.25, 0.3) is 0 Å². The fourth-order valence-electron chi connectivity index (χ4n) is 7.54. The number of hydrogen-bond donors (Lipinski definition) is 15. The Morgan fingerprint density at radius 1 is 0.487 bits per heavy atom. The first-order valence-corrected chi connectivity index (χ1v) is 25.8. The quantitative estimate of drug-likeness (QED) is 0.0201. The normalized spacial score (nSPS) is 24.2. The molecule has 2 rings (SSSR count). The Balaban J connectivity index is 2.00. The molecule has 13 atom stereocenters. The van der Waals surface area contributed by atoms with E-state index in [-0.39, 0.29) is 117 Å². The Hall–Kier alpha value is -4.84. The second-order valence-electron chi connectivity index (χ2n) is 18.6. The molecule has 450 valence electrons. The Morgan fingerprint density at radius 3 is 1.28 bits per heavy atom. The lowest BCUT2D eigenvalue weighted by atomic mass is 9.97. The zero-order chi connectivity index (χ0) is 58.2. The lowest BCUT2D eigenvalue weighted by Crippen LogP contribution is -2.64. The maximum Gasteiger partial charge on any atom is 0.242 e. The first kappa shape index (κ1) is 69.3. The molecular weight excluding hydrogens is 1040 g/mol. The number of carbonyl (C=O) groups is 8. The summed E-state index contributed by atoms with van der Waals surface area (Å²) in [5.74, 6) is -4.33. The molecule has 0 aromatic heterocycles. The van der Waals surface area contributed by atoms with Crippen molar-refractivity contribution in [2.75, 3.05) is 92.3 Å². The molecule has 2 aliphatic heterocycles. The maximum atomic E-state index is 13.5. The van der Waals surface area contributed by atoms with E-state index in [1.54, 1.807) is 0 Å². The second-order valence-corrected chi connectivity index (χ2v) is 18.6. The minimum absolute atomic E-state index is 0.00326. The SMILES string of the molecule is CC(=O)NC(O)OCCOCCNC(=O)C(CCC(=O)NC(CCC(=O)NCCOCCOC1OC(CO)C(O)C(O)C1NC(C)=O)C(=O)NCCOCCOC1OC(CO)C(O)C(O)C1NC(C)=O)NC(=O)CCC(C)C. The Bertz CT molecular complexity index is 1830. The van der Waals surface area contributed by atoms with Gasteiger partial charge >= 0.3 is 0 Å². The molecular formula is C47H84N8O23. The molecule has 8 amide bonds. The number of hydrogen-bond acceptors (Lipinski definition) is 23. The van der Waals surface area contributed by atoms with Gasteiger partial charge in [0, 0.05) is 59.7 Å². The first-order chi connectivity index (χ1) is 37.1. The number of rotatable bonds is 39. The first-order valence-electron chi connectivity index (χ1n) is 25.8. The summed E-state index contributed by atoms with van der Waals surface area (Å²) in [4.78, 5) is 100. The predicted molar refractivity (Wildman–Crippen MR) is 266 cm³/mol. The number of aliphatic hydroxyl groups excluding tert-OH is 7. The highest BCUT2D eigenvalue weighted by Gasteiger charge is 2.46. The van der Waals surface area contributed by atoms with Crippen LogP contribution in [0.3, 0.4) is 0 Å². The van der Waals surface area contributed by atoms with Gasteiger partial charge in [-0.15, -0.1) is 0 Å². The summed E-state index contributed by atoms with van der Waals surface area (Å²) in [6.07, 6.45) is -12.7. The van der Waals surface area contributed by atoms with E-state index in [0.29, 0.717) is 6.42 Å². The van der Waals surface area contributed by atoms with Crippen LogP contribution in [0.1, 0.15) is 73.1 Å². The van der Waals surface area contributed by atoms with Gasteiger partial charge in [-0.05, 0) is 25.2 Å². The van der Waals surface area contributed by atoms with Crippen LogP contribution in [0.5, 0.6) is 0 Å². The van der Waals surface area contributed by atoms with E-state index in [0.717, 1.165) is 0 Å². The second kappa shape index (κ2) is 38.7. The third-order valence-electron chi connectivity index (χ3n) is 11.6. The molecule has 31 nitrogen and oxygen atoms in total. The van der Waals surface area contributed by atoms with E-state index < -0.39 is 140 Å². The molecule has 13 unspecified atom stereocenters. The Labute approximate surface area is 452 Å². The van der Waals surface area contributed by atoms with Crippen LogP contribution in [0, 0.1) is 5.92 Å². The van der Waals surface area contributed by atoms with Gasteiger partial charge in [0.2, 0.25) is 53.7 Å². The van der Waals surface area contributed by atoms with E-state index in [2.05, 4.69) is 42.5 Å². The molecule has 0 aliphatic carbocycles. The summed E-state index contributed by atoms with van der Waals surface area (Å²) in [6, 6.07) is -4.76. The van der Waals surface area contributed by atoms with Crippen molar-refractivity contribution in [1.82, 2.24) is 42.5 Å². The van der Waals surface area contributed by atoms with Crippen molar-refractivity contribution in [1.29, 1.82) is 0 Å². The zero-order valence-corrected chi connectivity index (χ0v) is 44.9. The van der Waals surface area contributed by atoms with Gasteiger partial charge in [-0.25, -0.2) is 0 Å². The summed E-state index contributed by atoms with van der Waals surface area (Å²) >= 11 is 0. The molecule has 0 bridgehead atoms. The van der Waals surface area contributed by atoms with Crippen LogP contribution < -0.4 is 42.5 Å². The van der Waals surface area contributed by atoms with E-state index in [9.17, 15) is 74.1 Å². The molecule has 0 aromatic carbocycles.